The Morgan fingerprint density at radius 2 is 1.88 bits per heavy atom. The Kier molecular flexibility index (Phi) is 4.07. The van der Waals surface area contributed by atoms with Crippen LogP contribution in [0.15, 0.2) is 47.3 Å². The number of furan rings is 1. The molecule has 6 heteroatoms. The molecule has 1 fully saturated rings. The molecule has 0 radical (unpaired) electrons. The summed E-state index contributed by atoms with van der Waals surface area (Å²) in [6.45, 7) is 1.17. The predicted octanol–water partition coefficient (Wildman–Crippen LogP) is 2.57. The van der Waals surface area contributed by atoms with Gasteiger partial charge in [-0.3, -0.25) is 9.59 Å². The lowest BCUT2D eigenvalue weighted by atomic mass is 9.83. The number of likely N-dealkylation sites (N-methyl/N-ethyl adjacent to an activating group) is 1. The summed E-state index contributed by atoms with van der Waals surface area (Å²) in [5.41, 5.74) is 2.09. The first-order valence-corrected chi connectivity index (χ1v) is 8.82. The van der Waals surface area contributed by atoms with Crippen molar-refractivity contribution in [3.8, 4) is 0 Å². The zero-order chi connectivity index (χ0) is 18.3. The molecule has 1 atom stereocenters. The topological polar surface area (TPSA) is 63.0 Å². The van der Waals surface area contributed by atoms with Crippen LogP contribution in [0.1, 0.15) is 40.4 Å². The lowest BCUT2D eigenvalue weighted by Gasteiger charge is -2.39. The van der Waals surface area contributed by atoms with Gasteiger partial charge in [0.15, 0.2) is 6.10 Å². The van der Waals surface area contributed by atoms with Crippen molar-refractivity contribution in [3.05, 3.63) is 59.5 Å². The van der Waals surface area contributed by atoms with Gasteiger partial charge >= 0.3 is 0 Å². The van der Waals surface area contributed by atoms with Crippen LogP contribution in [0, 0.1) is 0 Å². The molecule has 0 aliphatic carbocycles. The predicted molar refractivity (Wildman–Crippen MR) is 94.5 cm³/mol. The summed E-state index contributed by atoms with van der Waals surface area (Å²) in [7, 11) is 3.48. The summed E-state index contributed by atoms with van der Waals surface area (Å²) < 4.78 is 11.4. The zero-order valence-corrected chi connectivity index (χ0v) is 15.0. The summed E-state index contributed by atoms with van der Waals surface area (Å²) in [5, 5.41) is 0. The van der Waals surface area contributed by atoms with Gasteiger partial charge in [-0.1, -0.05) is 24.3 Å². The van der Waals surface area contributed by atoms with Crippen molar-refractivity contribution in [3.63, 3.8) is 0 Å². The fourth-order valence-electron chi connectivity index (χ4n) is 3.94. The van der Waals surface area contributed by atoms with Gasteiger partial charge in [-0.25, -0.2) is 0 Å². The highest BCUT2D eigenvalue weighted by Crippen LogP contribution is 2.49. The summed E-state index contributed by atoms with van der Waals surface area (Å²) >= 11 is 0. The standard InChI is InChI=1S/C20H22N2O4/c1-21(2)19(24)17-15-5-3-4-6-16(15)20(26-17)8-10-22(11-9-20)18(23)14-7-12-25-13-14/h3-7,12-13,17H,8-11H2,1-2H3/t17-/m0/s1. The maximum Gasteiger partial charge on any atom is 0.257 e. The monoisotopic (exact) mass is 354 g/mol. The molecule has 2 aromatic rings. The van der Waals surface area contributed by atoms with Crippen molar-refractivity contribution in [1.82, 2.24) is 9.80 Å². The van der Waals surface area contributed by atoms with Crippen LogP contribution in [0.2, 0.25) is 0 Å². The number of likely N-dealkylation sites (tertiary alicyclic amines) is 1. The van der Waals surface area contributed by atoms with Gasteiger partial charge in [0.2, 0.25) is 0 Å². The minimum Gasteiger partial charge on any atom is -0.472 e. The van der Waals surface area contributed by atoms with Gasteiger partial charge < -0.3 is 19.0 Å². The molecule has 4 rings (SSSR count). The van der Waals surface area contributed by atoms with Crippen molar-refractivity contribution in [1.29, 1.82) is 0 Å². The molecule has 0 unspecified atom stereocenters. The van der Waals surface area contributed by atoms with Crippen LogP contribution in [0.3, 0.4) is 0 Å². The SMILES string of the molecule is CN(C)C(=O)[C@H]1OC2(CCN(C(=O)c3ccoc3)CC2)c2ccccc21. The van der Waals surface area contributed by atoms with E-state index < -0.39 is 11.7 Å². The number of carbonyl (C=O) groups excluding carboxylic acids is 2. The number of ether oxygens (including phenoxy) is 1. The average Bonchev–Trinajstić information content (AvgIpc) is 3.29. The largest absolute Gasteiger partial charge is 0.472 e. The second-order valence-corrected chi connectivity index (χ2v) is 7.12. The fourth-order valence-corrected chi connectivity index (χ4v) is 3.94. The highest BCUT2D eigenvalue weighted by Gasteiger charge is 2.49. The molecule has 0 bridgehead atoms. The molecule has 2 aliphatic heterocycles. The van der Waals surface area contributed by atoms with Gasteiger partial charge in [0.25, 0.3) is 11.8 Å². The highest BCUT2D eigenvalue weighted by atomic mass is 16.5. The fraction of sp³-hybridized carbons (Fsp3) is 0.400. The molecule has 136 valence electrons. The Morgan fingerprint density at radius 1 is 1.15 bits per heavy atom. The van der Waals surface area contributed by atoms with Crippen LogP contribution in [0.25, 0.3) is 0 Å². The van der Waals surface area contributed by atoms with E-state index in [2.05, 4.69) is 0 Å². The quantitative estimate of drug-likeness (QED) is 0.832. The molecule has 26 heavy (non-hydrogen) atoms. The second kappa shape index (κ2) is 6.29. The molecule has 1 aromatic heterocycles. The van der Waals surface area contributed by atoms with E-state index in [1.807, 2.05) is 29.2 Å². The normalized spacial score (nSPS) is 20.8. The molecule has 1 aromatic carbocycles. The third-order valence-corrected chi connectivity index (χ3v) is 5.37. The van der Waals surface area contributed by atoms with Crippen LogP contribution >= 0.6 is 0 Å². The van der Waals surface area contributed by atoms with E-state index in [0.29, 0.717) is 31.5 Å². The second-order valence-electron chi connectivity index (χ2n) is 7.12. The van der Waals surface area contributed by atoms with Crippen molar-refractivity contribution in [2.45, 2.75) is 24.5 Å². The number of amides is 2. The molecule has 0 saturated carbocycles. The number of hydrogen-bond donors (Lipinski definition) is 0. The number of piperidine rings is 1. The molecule has 0 N–H and O–H groups in total. The summed E-state index contributed by atoms with van der Waals surface area (Å²) in [6.07, 6.45) is 3.75. The average molecular weight is 354 g/mol. The van der Waals surface area contributed by atoms with Gasteiger partial charge in [-0.15, -0.1) is 0 Å². The van der Waals surface area contributed by atoms with Gasteiger partial charge in [0.1, 0.15) is 6.26 Å². The van der Waals surface area contributed by atoms with Crippen molar-refractivity contribution in [2.24, 2.45) is 0 Å². The van der Waals surface area contributed by atoms with E-state index in [4.69, 9.17) is 9.15 Å². The lowest BCUT2D eigenvalue weighted by Crippen LogP contribution is -2.45. The third-order valence-electron chi connectivity index (χ3n) is 5.37. The Morgan fingerprint density at radius 3 is 2.54 bits per heavy atom. The number of carbonyl (C=O) groups is 2. The molecule has 2 amide bonds. The molecule has 1 saturated heterocycles. The van der Waals surface area contributed by atoms with E-state index in [1.165, 1.54) is 12.5 Å². The first-order chi connectivity index (χ1) is 12.5. The third kappa shape index (κ3) is 2.61. The van der Waals surface area contributed by atoms with Crippen LogP contribution in [-0.4, -0.2) is 48.8 Å². The van der Waals surface area contributed by atoms with E-state index in [1.54, 1.807) is 25.1 Å². The number of hydrogen-bond acceptors (Lipinski definition) is 4. The number of rotatable bonds is 2. The Balaban J connectivity index is 1.57. The summed E-state index contributed by atoms with van der Waals surface area (Å²) in [4.78, 5) is 28.5. The summed E-state index contributed by atoms with van der Waals surface area (Å²) in [5.74, 6) is -0.0768. The Hall–Kier alpha value is -2.60. The van der Waals surface area contributed by atoms with Crippen LogP contribution < -0.4 is 0 Å². The molecular weight excluding hydrogens is 332 g/mol. The van der Waals surface area contributed by atoms with E-state index in [0.717, 1.165) is 11.1 Å². The van der Waals surface area contributed by atoms with Gasteiger partial charge in [0, 0.05) is 27.2 Å². The van der Waals surface area contributed by atoms with E-state index >= 15 is 0 Å². The van der Waals surface area contributed by atoms with Crippen molar-refractivity contribution >= 4 is 11.8 Å². The van der Waals surface area contributed by atoms with Gasteiger partial charge in [-0.05, 0) is 30.0 Å². The first-order valence-electron chi connectivity index (χ1n) is 8.82. The van der Waals surface area contributed by atoms with Crippen molar-refractivity contribution in [2.75, 3.05) is 27.2 Å². The van der Waals surface area contributed by atoms with Gasteiger partial charge in [0.05, 0.1) is 17.4 Å². The minimum atomic E-state index is -0.572. The Labute approximate surface area is 152 Å². The van der Waals surface area contributed by atoms with E-state index in [-0.39, 0.29) is 11.8 Å². The van der Waals surface area contributed by atoms with Crippen LogP contribution in [0.5, 0.6) is 0 Å². The molecule has 3 heterocycles. The lowest BCUT2D eigenvalue weighted by molar-refractivity contribution is -0.157. The summed E-state index contributed by atoms with van der Waals surface area (Å²) in [6, 6.07) is 9.62. The van der Waals surface area contributed by atoms with Crippen molar-refractivity contribution < 1.29 is 18.7 Å². The smallest absolute Gasteiger partial charge is 0.257 e. The molecule has 6 nitrogen and oxygen atoms in total. The molecule has 2 aliphatic rings. The first kappa shape index (κ1) is 16.8. The van der Waals surface area contributed by atoms with Crippen LogP contribution in [0.4, 0.5) is 0 Å². The molecular formula is C20H22N2O4. The number of benzene rings is 1. The maximum absolute atomic E-state index is 12.6. The Bertz CT molecular complexity index is 820. The molecule has 1 spiro atoms. The highest BCUT2D eigenvalue weighted by molar-refractivity contribution is 5.93. The van der Waals surface area contributed by atoms with E-state index in [9.17, 15) is 9.59 Å². The minimum absolute atomic E-state index is 0.0270. The number of nitrogens with zero attached hydrogens (tertiary/aromatic N) is 2. The number of fused-ring (bicyclic) bond motifs is 2. The maximum atomic E-state index is 12.6. The van der Waals surface area contributed by atoms with Crippen LogP contribution in [-0.2, 0) is 15.1 Å². The van der Waals surface area contributed by atoms with Gasteiger partial charge in [-0.2, -0.15) is 0 Å². The zero-order valence-electron chi connectivity index (χ0n) is 15.0.